The first-order chi connectivity index (χ1) is 29.2. The lowest BCUT2D eigenvalue weighted by Crippen LogP contribution is -2.08. The summed E-state index contributed by atoms with van der Waals surface area (Å²) in [7, 11) is 0. The molecular formula is C56H39N3. The zero-order valence-corrected chi connectivity index (χ0v) is 32.5. The van der Waals surface area contributed by atoms with E-state index in [1.807, 2.05) is 12.4 Å². The summed E-state index contributed by atoms with van der Waals surface area (Å²) in [6.45, 7) is 0. The van der Waals surface area contributed by atoms with Gasteiger partial charge in [-0.05, 0) is 83.6 Å². The van der Waals surface area contributed by atoms with Crippen molar-refractivity contribution in [1.82, 2.24) is 4.98 Å². The van der Waals surface area contributed by atoms with Gasteiger partial charge in [-0.25, -0.2) is 9.98 Å². The van der Waals surface area contributed by atoms with Crippen LogP contribution in [0.2, 0.25) is 0 Å². The summed E-state index contributed by atoms with van der Waals surface area (Å²) in [5.41, 5.74) is 11.1. The Balaban J connectivity index is 0.957. The lowest BCUT2D eigenvalue weighted by Gasteiger charge is -2.17. The van der Waals surface area contributed by atoms with E-state index in [0.717, 1.165) is 56.6 Å². The first-order valence-corrected chi connectivity index (χ1v) is 20.4. The summed E-state index contributed by atoms with van der Waals surface area (Å²) in [5.74, 6) is 1.08. The summed E-state index contributed by atoms with van der Waals surface area (Å²) in [5, 5.41) is 10.0. The molecule has 0 fully saturated rings. The third-order valence-electron chi connectivity index (χ3n) is 12.0. The molecule has 1 aromatic heterocycles. The van der Waals surface area contributed by atoms with Crippen LogP contribution in [-0.4, -0.2) is 16.5 Å². The number of nitrogens with zero attached hydrogens (tertiary/aromatic N) is 3. The Morgan fingerprint density at radius 2 is 1.03 bits per heavy atom. The van der Waals surface area contributed by atoms with Crippen LogP contribution in [0.4, 0.5) is 0 Å². The van der Waals surface area contributed by atoms with Crippen LogP contribution in [-0.2, 0) is 0 Å². The lowest BCUT2D eigenvalue weighted by atomic mass is 9.88. The maximum absolute atomic E-state index is 5.34. The molecule has 3 nitrogen and oxygen atoms in total. The smallest absolute Gasteiger partial charge is 0.160 e. The molecule has 0 bridgehead atoms. The number of pyridine rings is 1. The van der Waals surface area contributed by atoms with Crippen LogP contribution < -0.4 is 0 Å². The molecule has 1 unspecified atom stereocenters. The van der Waals surface area contributed by atoms with E-state index in [1.165, 1.54) is 48.8 Å². The highest BCUT2D eigenvalue weighted by molar-refractivity contribution is 6.25. The van der Waals surface area contributed by atoms with Gasteiger partial charge in [0.1, 0.15) is 0 Å². The summed E-state index contributed by atoms with van der Waals surface area (Å²) < 4.78 is 0. The van der Waals surface area contributed by atoms with Crippen molar-refractivity contribution in [2.75, 3.05) is 0 Å². The van der Waals surface area contributed by atoms with Gasteiger partial charge in [0.15, 0.2) is 5.84 Å². The van der Waals surface area contributed by atoms with Gasteiger partial charge in [-0.2, -0.15) is 0 Å². The maximum atomic E-state index is 5.34. The molecule has 1 aliphatic carbocycles. The molecule has 0 radical (unpaired) electrons. The summed E-state index contributed by atoms with van der Waals surface area (Å²) in [6.07, 6.45) is 14.6. The molecule has 11 rings (SSSR count). The highest BCUT2D eigenvalue weighted by atomic mass is 14.9. The van der Waals surface area contributed by atoms with Crippen LogP contribution in [0.25, 0.3) is 71.0 Å². The number of hydrogen-bond acceptors (Lipinski definition) is 3. The Labute approximate surface area is 343 Å². The molecule has 3 heteroatoms. The summed E-state index contributed by atoms with van der Waals surface area (Å²) in [4.78, 5) is 15.2. The van der Waals surface area contributed by atoms with E-state index in [1.54, 1.807) is 0 Å². The second-order valence-corrected chi connectivity index (χ2v) is 15.5. The van der Waals surface area contributed by atoms with E-state index < -0.39 is 0 Å². The molecule has 0 N–H and O–H groups in total. The number of rotatable bonds is 6. The Kier molecular flexibility index (Phi) is 8.70. The molecule has 0 saturated heterocycles. The molecule has 8 aromatic carbocycles. The van der Waals surface area contributed by atoms with Crippen molar-refractivity contribution < 1.29 is 0 Å². The highest BCUT2D eigenvalue weighted by Gasteiger charge is 2.19. The number of aromatic nitrogens is 1. The summed E-state index contributed by atoms with van der Waals surface area (Å²) in [6, 6.07) is 61.0. The largest absolute Gasteiger partial charge is 0.263 e. The first-order valence-electron chi connectivity index (χ1n) is 20.4. The van der Waals surface area contributed by atoms with E-state index in [-0.39, 0.29) is 0 Å². The molecule has 278 valence electrons. The predicted molar refractivity (Wildman–Crippen MR) is 249 cm³/mol. The molecule has 59 heavy (non-hydrogen) atoms. The minimum Gasteiger partial charge on any atom is -0.263 e. The van der Waals surface area contributed by atoms with Crippen molar-refractivity contribution >= 4 is 60.3 Å². The molecule has 0 saturated carbocycles. The maximum Gasteiger partial charge on any atom is 0.160 e. The Morgan fingerprint density at radius 1 is 0.441 bits per heavy atom. The number of hydrogen-bond donors (Lipinski definition) is 0. The van der Waals surface area contributed by atoms with Crippen molar-refractivity contribution in [1.29, 1.82) is 0 Å². The van der Waals surface area contributed by atoms with Gasteiger partial charge in [0.05, 0.1) is 11.4 Å². The molecule has 0 amide bonds. The second-order valence-electron chi connectivity index (χ2n) is 15.5. The Morgan fingerprint density at radius 3 is 1.75 bits per heavy atom. The second kappa shape index (κ2) is 14.8. The van der Waals surface area contributed by atoms with Crippen LogP contribution in [0, 0.1) is 0 Å². The van der Waals surface area contributed by atoms with E-state index in [4.69, 9.17) is 9.98 Å². The van der Waals surface area contributed by atoms with Gasteiger partial charge in [-0.3, -0.25) is 4.98 Å². The topological polar surface area (TPSA) is 37.6 Å². The third kappa shape index (κ3) is 6.47. The van der Waals surface area contributed by atoms with Gasteiger partial charge in [-0.15, -0.1) is 0 Å². The number of amidine groups is 1. The van der Waals surface area contributed by atoms with Crippen molar-refractivity contribution in [3.05, 3.63) is 229 Å². The van der Waals surface area contributed by atoms with Gasteiger partial charge < -0.3 is 0 Å². The Hall–Kier alpha value is -7.49. The molecule has 2 aliphatic rings. The molecule has 1 atom stereocenters. The summed E-state index contributed by atoms with van der Waals surface area (Å²) >= 11 is 0. The van der Waals surface area contributed by atoms with Gasteiger partial charge >= 0.3 is 0 Å². The molecule has 0 spiro atoms. The highest BCUT2D eigenvalue weighted by Crippen LogP contribution is 2.38. The van der Waals surface area contributed by atoms with Gasteiger partial charge in [-0.1, -0.05) is 188 Å². The standard InChI is InChI=1S/C56H39N3/c1-2-10-37(11-3-1)38-18-24-41(25-19-38)54-32-33-55(42-26-22-40(23-27-42)53-36-57-35-45-12-4-5-13-46(45)53)59-56(58-54)43-28-20-39(21-29-43)44-30-31-51-49-16-7-6-14-47(49)48-15-8-9-17-50(48)52(51)34-44/h1-18,20-31,33-36,38H,19,32H2. The third-order valence-corrected chi connectivity index (χ3v) is 12.0. The fourth-order valence-corrected chi connectivity index (χ4v) is 8.89. The quantitative estimate of drug-likeness (QED) is 0.156. The van der Waals surface area contributed by atoms with Crippen molar-refractivity contribution in [2.24, 2.45) is 9.98 Å². The van der Waals surface area contributed by atoms with Crippen LogP contribution in [0.1, 0.15) is 35.4 Å². The average Bonchev–Trinajstić information content (AvgIpc) is 3.56. The van der Waals surface area contributed by atoms with Crippen LogP contribution >= 0.6 is 0 Å². The van der Waals surface area contributed by atoms with Crippen LogP contribution in [0.5, 0.6) is 0 Å². The normalized spacial score (nSPS) is 15.5. The Bertz CT molecular complexity index is 3200. The van der Waals surface area contributed by atoms with Crippen molar-refractivity contribution in [3.8, 4) is 22.3 Å². The monoisotopic (exact) mass is 753 g/mol. The number of benzene rings is 8. The van der Waals surface area contributed by atoms with E-state index in [9.17, 15) is 0 Å². The first kappa shape index (κ1) is 34.7. The van der Waals surface area contributed by atoms with E-state index >= 15 is 0 Å². The fourth-order valence-electron chi connectivity index (χ4n) is 8.89. The van der Waals surface area contributed by atoms with Crippen molar-refractivity contribution in [3.63, 3.8) is 0 Å². The molecular weight excluding hydrogens is 715 g/mol. The van der Waals surface area contributed by atoms with Gasteiger partial charge in [0.2, 0.25) is 0 Å². The minimum absolute atomic E-state index is 0.361. The number of aliphatic imine (C=N–C) groups is 2. The predicted octanol–water partition coefficient (Wildman–Crippen LogP) is 14.3. The lowest BCUT2D eigenvalue weighted by molar-refractivity contribution is 0.850. The number of fused-ring (bicyclic) bond motifs is 7. The molecule has 2 heterocycles. The van der Waals surface area contributed by atoms with Crippen molar-refractivity contribution in [2.45, 2.75) is 18.8 Å². The van der Waals surface area contributed by atoms with E-state index in [2.05, 4.69) is 199 Å². The van der Waals surface area contributed by atoms with Crippen LogP contribution in [0.15, 0.2) is 222 Å². The molecule has 9 aromatic rings. The average molecular weight is 754 g/mol. The number of allylic oxidation sites excluding steroid dienone is 5. The SMILES string of the molecule is C1=CC(c2ccccc2)CC=C1C1=NC(c2ccc(-c3ccc4c5ccccc5c5ccccc5c4c3)cc2)=NC(c2ccc(-c3cncc4ccccc34)cc2)=CC1. The van der Waals surface area contributed by atoms with Crippen LogP contribution in [0.3, 0.4) is 0 Å². The molecule has 1 aliphatic heterocycles. The fraction of sp³-hybridized carbons (Fsp3) is 0.0536. The zero-order valence-electron chi connectivity index (χ0n) is 32.5. The minimum atomic E-state index is 0.361. The van der Waals surface area contributed by atoms with E-state index in [0.29, 0.717) is 18.2 Å². The zero-order chi connectivity index (χ0) is 39.1. The van der Waals surface area contributed by atoms with Gasteiger partial charge in [0, 0.05) is 41.2 Å². The van der Waals surface area contributed by atoms with Gasteiger partial charge in [0.25, 0.3) is 0 Å².